The average molecular weight is 379 g/mol. The van der Waals surface area contributed by atoms with Gasteiger partial charge in [0.2, 0.25) is 0 Å². The minimum Gasteiger partial charge on any atom is -0.455 e. The minimum absolute atomic E-state index is 0.175. The Morgan fingerprint density at radius 1 is 0.793 bits per heavy atom. The van der Waals surface area contributed by atoms with Crippen LogP contribution in [0.15, 0.2) is 69.6 Å². The van der Waals surface area contributed by atoms with Crippen LogP contribution in [0.25, 0.3) is 54.8 Å². The highest BCUT2D eigenvalue weighted by Crippen LogP contribution is 2.43. The van der Waals surface area contributed by atoms with Gasteiger partial charge in [-0.15, -0.1) is 0 Å². The molecule has 6 rings (SSSR count). The highest BCUT2D eigenvalue weighted by molar-refractivity contribution is 6.29. The van der Waals surface area contributed by atoms with Crippen molar-refractivity contribution in [2.24, 2.45) is 5.41 Å². The fourth-order valence-electron chi connectivity index (χ4n) is 4.52. The molecule has 29 heavy (non-hydrogen) atoms. The molecule has 142 valence electrons. The van der Waals surface area contributed by atoms with E-state index in [1.54, 1.807) is 0 Å². The zero-order chi connectivity index (χ0) is 19.8. The average Bonchev–Trinajstić information content (AvgIpc) is 2.99. The fraction of sp³-hybridized carbons (Fsp3) is 0.192. The second-order valence-electron chi connectivity index (χ2n) is 9.11. The van der Waals surface area contributed by atoms with E-state index in [9.17, 15) is 0 Å². The lowest BCUT2D eigenvalue weighted by Gasteiger charge is -2.17. The molecular formula is C26H21NO2. The van der Waals surface area contributed by atoms with Crippen molar-refractivity contribution in [3.05, 3.63) is 66.4 Å². The molecule has 3 aromatic heterocycles. The van der Waals surface area contributed by atoms with E-state index in [4.69, 9.17) is 8.83 Å². The van der Waals surface area contributed by atoms with E-state index in [-0.39, 0.29) is 5.41 Å². The number of nitrogens with zero attached hydrogens (tertiary/aromatic N) is 1. The van der Waals surface area contributed by atoms with Crippen molar-refractivity contribution in [3.63, 3.8) is 0 Å². The van der Waals surface area contributed by atoms with Crippen LogP contribution < -0.4 is 0 Å². The molecule has 0 saturated carbocycles. The Balaban J connectivity index is 1.91. The third-order valence-corrected chi connectivity index (χ3v) is 5.57. The van der Waals surface area contributed by atoms with Gasteiger partial charge in [0.15, 0.2) is 5.58 Å². The van der Waals surface area contributed by atoms with Crippen LogP contribution in [-0.2, 0) is 6.42 Å². The summed E-state index contributed by atoms with van der Waals surface area (Å²) >= 11 is 0. The quantitative estimate of drug-likeness (QED) is 0.295. The van der Waals surface area contributed by atoms with Gasteiger partial charge in [-0.25, -0.2) is 0 Å². The third-order valence-electron chi connectivity index (χ3n) is 5.57. The highest BCUT2D eigenvalue weighted by Gasteiger charge is 2.21. The summed E-state index contributed by atoms with van der Waals surface area (Å²) in [5, 5.41) is 5.45. The number of aromatic nitrogens is 1. The molecule has 0 saturated heterocycles. The number of rotatable bonds is 1. The van der Waals surface area contributed by atoms with Crippen LogP contribution in [0.5, 0.6) is 0 Å². The number of hydrogen-bond acceptors (Lipinski definition) is 3. The number of hydrogen-bond donors (Lipinski definition) is 0. The zero-order valence-electron chi connectivity index (χ0n) is 16.7. The summed E-state index contributed by atoms with van der Waals surface area (Å²) in [4.78, 5) is 4.68. The van der Waals surface area contributed by atoms with Crippen molar-refractivity contribution in [1.29, 1.82) is 0 Å². The summed E-state index contributed by atoms with van der Waals surface area (Å²) in [5.74, 6) is 0. The van der Waals surface area contributed by atoms with E-state index in [2.05, 4.69) is 68.2 Å². The molecule has 3 aromatic carbocycles. The Morgan fingerprint density at radius 2 is 1.59 bits per heavy atom. The van der Waals surface area contributed by atoms with Crippen molar-refractivity contribution in [2.45, 2.75) is 27.2 Å². The third kappa shape index (κ3) is 2.47. The van der Waals surface area contributed by atoms with Gasteiger partial charge in [0.05, 0.1) is 5.39 Å². The smallest absolute Gasteiger partial charge is 0.153 e. The highest BCUT2D eigenvalue weighted by atomic mass is 16.3. The van der Waals surface area contributed by atoms with Crippen LogP contribution in [0.1, 0.15) is 26.3 Å². The SMILES string of the molecule is CC(C)(C)Cc1cc2oc3cccnc3c3cc4ccccc4c4oc(c1)c2c34. The Kier molecular flexibility index (Phi) is 3.21. The van der Waals surface area contributed by atoms with Crippen molar-refractivity contribution in [3.8, 4) is 0 Å². The monoisotopic (exact) mass is 379 g/mol. The largest absolute Gasteiger partial charge is 0.455 e. The molecule has 0 bridgehead atoms. The predicted octanol–water partition coefficient (Wildman–Crippen LogP) is 7.62. The molecule has 3 heterocycles. The number of pyridine rings is 1. The number of furan rings is 1. The lowest BCUT2D eigenvalue weighted by Crippen LogP contribution is -2.08. The van der Waals surface area contributed by atoms with Crippen LogP contribution in [-0.4, -0.2) is 4.98 Å². The summed E-state index contributed by atoms with van der Waals surface area (Å²) in [6, 6.07) is 18.8. The van der Waals surface area contributed by atoms with Crippen molar-refractivity contribution in [1.82, 2.24) is 4.98 Å². The van der Waals surface area contributed by atoms with Crippen molar-refractivity contribution in [2.75, 3.05) is 0 Å². The number of benzene rings is 3. The van der Waals surface area contributed by atoms with E-state index in [0.29, 0.717) is 0 Å². The first-order chi connectivity index (χ1) is 14.0. The molecule has 0 atom stereocenters. The minimum atomic E-state index is 0.175. The zero-order valence-corrected chi connectivity index (χ0v) is 16.7. The molecule has 0 radical (unpaired) electrons. The number of fused-ring (bicyclic) bond motifs is 4. The summed E-state index contributed by atoms with van der Waals surface area (Å²) in [5.41, 5.74) is 5.68. The van der Waals surface area contributed by atoms with Gasteiger partial charge in [0.1, 0.15) is 22.3 Å². The first kappa shape index (κ1) is 16.6. The second-order valence-corrected chi connectivity index (χ2v) is 9.11. The van der Waals surface area contributed by atoms with Gasteiger partial charge in [-0.2, -0.15) is 0 Å². The van der Waals surface area contributed by atoms with Gasteiger partial charge in [-0.1, -0.05) is 45.0 Å². The Morgan fingerprint density at radius 3 is 2.41 bits per heavy atom. The lowest BCUT2D eigenvalue weighted by molar-refractivity contribution is 0.411. The van der Waals surface area contributed by atoms with Crippen LogP contribution >= 0.6 is 0 Å². The molecule has 0 aliphatic heterocycles. The van der Waals surface area contributed by atoms with Gasteiger partial charge < -0.3 is 8.83 Å². The van der Waals surface area contributed by atoms with Gasteiger partial charge in [0, 0.05) is 22.4 Å². The molecular weight excluding hydrogens is 358 g/mol. The maximum atomic E-state index is 6.49. The lowest BCUT2D eigenvalue weighted by atomic mass is 9.88. The topological polar surface area (TPSA) is 39.2 Å². The van der Waals surface area contributed by atoms with E-state index < -0.39 is 0 Å². The maximum Gasteiger partial charge on any atom is 0.153 e. The molecule has 0 amide bonds. The molecule has 0 unspecified atom stereocenters. The van der Waals surface area contributed by atoms with Gasteiger partial charge in [-0.3, -0.25) is 4.98 Å². The van der Waals surface area contributed by atoms with E-state index in [0.717, 1.165) is 61.2 Å². The standard InChI is InChI=1S/C26H21NO2/c1-26(2,3)14-15-11-20-23-21(12-15)29-25-17-8-5-4-7-16(17)13-18(22(23)25)24-19(28-20)9-6-10-27-24/h4-13H,14H2,1-3H3. The molecule has 0 N–H and O–H groups in total. The summed E-state index contributed by atoms with van der Waals surface area (Å²) in [7, 11) is 0. The van der Waals surface area contributed by atoms with Gasteiger partial charge in [0.25, 0.3) is 0 Å². The van der Waals surface area contributed by atoms with Crippen LogP contribution in [0.3, 0.4) is 0 Å². The molecule has 3 nitrogen and oxygen atoms in total. The molecule has 3 heteroatoms. The van der Waals surface area contributed by atoms with Crippen molar-refractivity contribution < 1.29 is 8.83 Å². The molecule has 0 fully saturated rings. The first-order valence-electron chi connectivity index (χ1n) is 10.0. The Bertz CT molecular complexity index is 1560. The molecule has 0 aliphatic rings. The van der Waals surface area contributed by atoms with Gasteiger partial charge in [-0.05, 0) is 53.1 Å². The Labute approximate surface area is 167 Å². The Hall–Kier alpha value is -3.33. The molecule has 0 spiro atoms. The summed E-state index contributed by atoms with van der Waals surface area (Å²) in [6.45, 7) is 6.75. The van der Waals surface area contributed by atoms with Gasteiger partial charge >= 0.3 is 0 Å². The van der Waals surface area contributed by atoms with E-state index >= 15 is 0 Å². The normalized spacial score (nSPS) is 12.8. The fourth-order valence-corrected chi connectivity index (χ4v) is 4.52. The van der Waals surface area contributed by atoms with Crippen molar-refractivity contribution >= 4 is 54.8 Å². The van der Waals surface area contributed by atoms with Crippen LogP contribution in [0.2, 0.25) is 0 Å². The van der Waals surface area contributed by atoms with E-state index in [1.165, 1.54) is 5.56 Å². The predicted molar refractivity (Wildman–Crippen MR) is 119 cm³/mol. The van der Waals surface area contributed by atoms with Crippen LogP contribution in [0, 0.1) is 5.41 Å². The second kappa shape index (κ2) is 5.60. The summed E-state index contributed by atoms with van der Waals surface area (Å²) < 4.78 is 12.9. The summed E-state index contributed by atoms with van der Waals surface area (Å²) in [6.07, 6.45) is 2.77. The molecule has 0 aliphatic carbocycles. The van der Waals surface area contributed by atoms with E-state index in [1.807, 2.05) is 18.3 Å². The van der Waals surface area contributed by atoms with Crippen LogP contribution in [0.4, 0.5) is 0 Å². The first-order valence-corrected chi connectivity index (χ1v) is 10.0. The maximum absolute atomic E-state index is 6.49. The molecule has 6 aromatic rings.